The fourth-order valence-corrected chi connectivity index (χ4v) is 3.46. The number of nitrogens with zero attached hydrogens (tertiary/aromatic N) is 5. The number of ether oxygens (including phenoxy) is 1. The molecular formula is C20H29N5O. The van der Waals surface area contributed by atoms with Crippen LogP contribution in [-0.4, -0.2) is 62.3 Å². The molecule has 3 rings (SSSR count). The predicted octanol–water partition coefficient (Wildman–Crippen LogP) is 2.65. The Balaban J connectivity index is 1.66. The fraction of sp³-hybridized carbons (Fsp3) is 0.500. The van der Waals surface area contributed by atoms with Crippen LogP contribution in [0.5, 0.6) is 5.75 Å². The van der Waals surface area contributed by atoms with Crippen molar-refractivity contribution in [2.45, 2.75) is 25.4 Å². The summed E-state index contributed by atoms with van der Waals surface area (Å²) in [7, 11) is 7.79. The zero-order valence-electron chi connectivity index (χ0n) is 16.2. The van der Waals surface area contributed by atoms with Gasteiger partial charge < -0.3 is 14.5 Å². The Morgan fingerprint density at radius 3 is 2.85 bits per heavy atom. The number of hydrogen-bond donors (Lipinski definition) is 0. The molecular weight excluding hydrogens is 326 g/mol. The molecule has 26 heavy (non-hydrogen) atoms. The maximum absolute atomic E-state index is 5.35. The van der Waals surface area contributed by atoms with Gasteiger partial charge in [-0.2, -0.15) is 4.98 Å². The van der Waals surface area contributed by atoms with Crippen molar-refractivity contribution in [3.63, 3.8) is 0 Å². The minimum Gasteiger partial charge on any atom is -0.497 e. The second kappa shape index (κ2) is 8.36. The lowest BCUT2D eigenvalue weighted by molar-refractivity contribution is 0.198. The van der Waals surface area contributed by atoms with Gasteiger partial charge in [-0.1, -0.05) is 12.1 Å². The minimum atomic E-state index is 0.458. The Kier molecular flexibility index (Phi) is 5.93. The van der Waals surface area contributed by atoms with E-state index in [4.69, 9.17) is 4.74 Å². The summed E-state index contributed by atoms with van der Waals surface area (Å²) < 4.78 is 5.35. The number of rotatable bonds is 6. The Morgan fingerprint density at radius 1 is 1.23 bits per heavy atom. The van der Waals surface area contributed by atoms with Crippen LogP contribution in [0.2, 0.25) is 0 Å². The fourth-order valence-electron chi connectivity index (χ4n) is 3.46. The van der Waals surface area contributed by atoms with E-state index in [9.17, 15) is 0 Å². The molecule has 0 radical (unpaired) electrons. The number of methoxy groups -OCH3 is 1. The summed E-state index contributed by atoms with van der Waals surface area (Å²) in [5.41, 5.74) is 1.30. The SMILES string of the molecule is COc1cccc(CN2CCCC(N(C)c3ccnc(N(C)C)n3)C2)c1. The first-order chi connectivity index (χ1) is 12.6. The molecule has 2 aromatic rings. The molecule has 0 saturated carbocycles. The standard InChI is InChI=1S/C20H29N5O/c1-23(2)20-21-11-10-19(22-20)24(3)17-8-6-12-25(15-17)14-16-7-5-9-18(13-16)26-4/h5,7,9-11,13,17H,6,8,12,14-15H2,1-4H3. The smallest absolute Gasteiger partial charge is 0.226 e. The van der Waals surface area contributed by atoms with Crippen LogP contribution in [-0.2, 0) is 6.54 Å². The molecule has 140 valence electrons. The average molecular weight is 355 g/mol. The highest BCUT2D eigenvalue weighted by Gasteiger charge is 2.24. The third kappa shape index (κ3) is 4.43. The number of hydrogen-bond acceptors (Lipinski definition) is 6. The third-order valence-corrected chi connectivity index (χ3v) is 4.96. The third-order valence-electron chi connectivity index (χ3n) is 4.96. The van der Waals surface area contributed by atoms with Gasteiger partial charge >= 0.3 is 0 Å². The van der Waals surface area contributed by atoms with Crippen LogP contribution < -0.4 is 14.5 Å². The molecule has 6 nitrogen and oxygen atoms in total. The molecule has 1 aliphatic heterocycles. The van der Waals surface area contributed by atoms with Gasteiger partial charge in [0, 0.05) is 46.5 Å². The molecule has 0 bridgehead atoms. The maximum atomic E-state index is 5.35. The quantitative estimate of drug-likeness (QED) is 0.794. The predicted molar refractivity (Wildman–Crippen MR) is 106 cm³/mol. The van der Waals surface area contributed by atoms with E-state index < -0.39 is 0 Å². The van der Waals surface area contributed by atoms with Crippen molar-refractivity contribution in [2.24, 2.45) is 0 Å². The average Bonchev–Trinajstić information content (AvgIpc) is 2.68. The summed E-state index contributed by atoms with van der Waals surface area (Å²) >= 11 is 0. The first-order valence-corrected chi connectivity index (χ1v) is 9.15. The molecule has 0 amide bonds. The van der Waals surface area contributed by atoms with Crippen LogP contribution in [0.25, 0.3) is 0 Å². The van der Waals surface area contributed by atoms with Crippen LogP contribution >= 0.6 is 0 Å². The van der Waals surface area contributed by atoms with Gasteiger partial charge in [0.1, 0.15) is 11.6 Å². The molecule has 0 N–H and O–H groups in total. The topological polar surface area (TPSA) is 44.7 Å². The summed E-state index contributed by atoms with van der Waals surface area (Å²) in [5, 5.41) is 0. The van der Waals surface area contributed by atoms with E-state index in [2.05, 4.69) is 45.0 Å². The molecule has 1 aliphatic rings. The van der Waals surface area contributed by atoms with Crippen molar-refractivity contribution >= 4 is 11.8 Å². The maximum Gasteiger partial charge on any atom is 0.226 e. The molecule has 1 unspecified atom stereocenters. The van der Waals surface area contributed by atoms with Gasteiger partial charge in [0.05, 0.1) is 7.11 Å². The molecule has 1 atom stereocenters. The number of piperidine rings is 1. The lowest BCUT2D eigenvalue weighted by atomic mass is 10.0. The summed E-state index contributed by atoms with van der Waals surface area (Å²) in [6, 6.07) is 10.8. The Bertz CT molecular complexity index is 721. The summed E-state index contributed by atoms with van der Waals surface area (Å²) in [5.74, 6) is 2.65. The molecule has 6 heteroatoms. The van der Waals surface area contributed by atoms with E-state index in [-0.39, 0.29) is 0 Å². The van der Waals surface area contributed by atoms with Gasteiger partial charge in [-0.15, -0.1) is 0 Å². The Morgan fingerprint density at radius 2 is 2.08 bits per heavy atom. The number of likely N-dealkylation sites (N-methyl/N-ethyl adjacent to an activating group) is 1. The zero-order chi connectivity index (χ0) is 18.5. The molecule has 1 fully saturated rings. The monoisotopic (exact) mass is 355 g/mol. The van der Waals surface area contributed by atoms with Gasteiger partial charge in [-0.25, -0.2) is 4.98 Å². The highest BCUT2D eigenvalue weighted by Crippen LogP contribution is 2.23. The Hall–Kier alpha value is -2.34. The van der Waals surface area contributed by atoms with Gasteiger partial charge in [-0.05, 0) is 43.1 Å². The van der Waals surface area contributed by atoms with Gasteiger partial charge in [0.2, 0.25) is 5.95 Å². The lowest BCUT2D eigenvalue weighted by Gasteiger charge is -2.38. The zero-order valence-corrected chi connectivity index (χ0v) is 16.2. The second-order valence-corrected chi connectivity index (χ2v) is 7.10. The number of anilines is 2. The summed E-state index contributed by atoms with van der Waals surface area (Å²) in [4.78, 5) is 15.8. The van der Waals surface area contributed by atoms with Crippen LogP contribution in [0, 0.1) is 0 Å². The van der Waals surface area contributed by atoms with E-state index in [1.807, 2.05) is 37.3 Å². The first kappa shape index (κ1) is 18.5. The highest BCUT2D eigenvalue weighted by atomic mass is 16.5. The normalized spacial score (nSPS) is 17.8. The van der Waals surface area contributed by atoms with Crippen molar-refractivity contribution < 1.29 is 4.74 Å². The van der Waals surface area contributed by atoms with E-state index >= 15 is 0 Å². The molecule has 0 aliphatic carbocycles. The van der Waals surface area contributed by atoms with Crippen LogP contribution in [0.1, 0.15) is 18.4 Å². The van der Waals surface area contributed by atoms with E-state index in [0.29, 0.717) is 6.04 Å². The van der Waals surface area contributed by atoms with E-state index in [1.54, 1.807) is 7.11 Å². The van der Waals surface area contributed by atoms with E-state index in [1.165, 1.54) is 18.4 Å². The van der Waals surface area contributed by atoms with Gasteiger partial charge in [0.25, 0.3) is 0 Å². The minimum absolute atomic E-state index is 0.458. The second-order valence-electron chi connectivity index (χ2n) is 7.10. The molecule has 1 aromatic heterocycles. The largest absolute Gasteiger partial charge is 0.497 e. The van der Waals surface area contributed by atoms with Crippen molar-refractivity contribution in [1.29, 1.82) is 0 Å². The summed E-state index contributed by atoms with van der Waals surface area (Å²) in [6.07, 6.45) is 4.22. The van der Waals surface area contributed by atoms with Crippen LogP contribution in [0.3, 0.4) is 0 Å². The first-order valence-electron chi connectivity index (χ1n) is 9.15. The molecule has 0 spiro atoms. The number of benzene rings is 1. The highest BCUT2D eigenvalue weighted by molar-refractivity contribution is 5.43. The van der Waals surface area contributed by atoms with Crippen molar-refractivity contribution in [3.05, 3.63) is 42.1 Å². The van der Waals surface area contributed by atoms with Gasteiger partial charge in [0.15, 0.2) is 0 Å². The lowest BCUT2D eigenvalue weighted by Crippen LogP contribution is -2.46. The van der Waals surface area contributed by atoms with Gasteiger partial charge in [-0.3, -0.25) is 4.90 Å². The van der Waals surface area contributed by atoms with Crippen molar-refractivity contribution in [3.8, 4) is 5.75 Å². The summed E-state index contributed by atoms with van der Waals surface area (Å²) in [6.45, 7) is 3.12. The van der Waals surface area contributed by atoms with E-state index in [0.717, 1.165) is 37.1 Å². The molecule has 2 heterocycles. The van der Waals surface area contributed by atoms with Crippen LogP contribution in [0.15, 0.2) is 36.5 Å². The van der Waals surface area contributed by atoms with Crippen molar-refractivity contribution in [2.75, 3.05) is 51.1 Å². The Labute approximate surface area is 156 Å². The molecule has 1 aromatic carbocycles. The van der Waals surface area contributed by atoms with Crippen LogP contribution in [0.4, 0.5) is 11.8 Å². The number of aromatic nitrogens is 2. The number of likely N-dealkylation sites (tertiary alicyclic amines) is 1. The molecule has 1 saturated heterocycles. The van der Waals surface area contributed by atoms with Crippen molar-refractivity contribution in [1.82, 2.24) is 14.9 Å².